The molecule has 0 amide bonds. The standard InChI is InChI=1S/C10H14O3/c1-6-8-7(12-9(6)11)4-5-10(2,3)13-8/h7H,4-5H2,1-3H3/t7-/m1/s1. The molecule has 0 radical (unpaired) electrons. The number of hydrogen-bond acceptors (Lipinski definition) is 3. The number of esters is 1. The molecule has 72 valence electrons. The zero-order chi connectivity index (χ0) is 9.64. The maximum absolute atomic E-state index is 11.2. The fourth-order valence-corrected chi connectivity index (χ4v) is 1.77. The summed E-state index contributed by atoms with van der Waals surface area (Å²) in [6.07, 6.45) is 1.70. The third kappa shape index (κ3) is 1.32. The van der Waals surface area contributed by atoms with E-state index in [2.05, 4.69) is 0 Å². The van der Waals surface area contributed by atoms with Gasteiger partial charge in [-0.15, -0.1) is 0 Å². The van der Waals surface area contributed by atoms with E-state index in [-0.39, 0.29) is 17.7 Å². The van der Waals surface area contributed by atoms with E-state index in [1.807, 2.05) is 13.8 Å². The van der Waals surface area contributed by atoms with Crippen molar-refractivity contribution in [2.75, 3.05) is 0 Å². The Morgan fingerprint density at radius 3 is 2.85 bits per heavy atom. The Morgan fingerprint density at radius 1 is 1.46 bits per heavy atom. The Kier molecular flexibility index (Phi) is 1.65. The molecule has 13 heavy (non-hydrogen) atoms. The van der Waals surface area contributed by atoms with Crippen LogP contribution < -0.4 is 0 Å². The summed E-state index contributed by atoms with van der Waals surface area (Å²) in [5.41, 5.74) is 0.485. The highest BCUT2D eigenvalue weighted by molar-refractivity contribution is 5.91. The average molecular weight is 182 g/mol. The predicted molar refractivity (Wildman–Crippen MR) is 47.0 cm³/mol. The van der Waals surface area contributed by atoms with Crippen molar-refractivity contribution in [3.63, 3.8) is 0 Å². The Labute approximate surface area is 77.7 Å². The van der Waals surface area contributed by atoms with Crippen molar-refractivity contribution in [3.8, 4) is 0 Å². The molecule has 0 aromatic rings. The van der Waals surface area contributed by atoms with Gasteiger partial charge in [-0.2, -0.15) is 0 Å². The van der Waals surface area contributed by atoms with Gasteiger partial charge in [-0.25, -0.2) is 4.79 Å². The van der Waals surface area contributed by atoms with Crippen molar-refractivity contribution >= 4 is 5.97 Å². The molecule has 2 aliphatic heterocycles. The quantitative estimate of drug-likeness (QED) is 0.536. The van der Waals surface area contributed by atoms with E-state index in [1.165, 1.54) is 0 Å². The topological polar surface area (TPSA) is 35.5 Å². The summed E-state index contributed by atoms with van der Waals surface area (Å²) in [5.74, 6) is 0.527. The van der Waals surface area contributed by atoms with Crippen LogP contribution in [-0.4, -0.2) is 17.7 Å². The van der Waals surface area contributed by atoms with Crippen LogP contribution in [0.15, 0.2) is 11.3 Å². The molecule has 0 bridgehead atoms. The predicted octanol–water partition coefficient (Wildman–Crippen LogP) is 1.77. The lowest BCUT2D eigenvalue weighted by atomic mass is 9.95. The van der Waals surface area contributed by atoms with Gasteiger partial charge in [-0.3, -0.25) is 0 Å². The van der Waals surface area contributed by atoms with E-state index in [4.69, 9.17) is 9.47 Å². The lowest BCUT2D eigenvalue weighted by Crippen LogP contribution is -2.34. The second-order valence-electron chi connectivity index (χ2n) is 4.28. The number of fused-ring (bicyclic) bond motifs is 1. The zero-order valence-electron chi connectivity index (χ0n) is 8.22. The highest BCUT2D eigenvalue weighted by Crippen LogP contribution is 2.37. The lowest BCUT2D eigenvalue weighted by molar-refractivity contribution is -0.143. The van der Waals surface area contributed by atoms with Crippen molar-refractivity contribution in [1.29, 1.82) is 0 Å². The highest BCUT2D eigenvalue weighted by atomic mass is 16.6. The van der Waals surface area contributed by atoms with Crippen LogP contribution in [0.3, 0.4) is 0 Å². The first kappa shape index (κ1) is 8.60. The molecule has 0 aromatic carbocycles. The van der Waals surface area contributed by atoms with Gasteiger partial charge in [-0.1, -0.05) is 0 Å². The maximum atomic E-state index is 11.2. The fraction of sp³-hybridized carbons (Fsp3) is 0.700. The van der Waals surface area contributed by atoms with E-state index < -0.39 is 0 Å². The summed E-state index contributed by atoms with van der Waals surface area (Å²) < 4.78 is 10.8. The first-order valence-electron chi connectivity index (χ1n) is 4.60. The lowest BCUT2D eigenvalue weighted by Gasteiger charge is -2.34. The van der Waals surface area contributed by atoms with Gasteiger partial charge in [-0.05, 0) is 33.6 Å². The minimum Gasteiger partial charge on any atom is -0.488 e. The molecule has 2 heterocycles. The Balaban J connectivity index is 2.29. The minimum atomic E-state index is -0.224. The number of carbonyl (C=O) groups is 1. The van der Waals surface area contributed by atoms with Gasteiger partial charge in [0.2, 0.25) is 0 Å². The van der Waals surface area contributed by atoms with Crippen LogP contribution in [0.1, 0.15) is 33.6 Å². The molecule has 3 heteroatoms. The summed E-state index contributed by atoms with van der Waals surface area (Å²) in [5, 5.41) is 0. The molecule has 3 nitrogen and oxygen atoms in total. The Morgan fingerprint density at radius 2 is 2.15 bits per heavy atom. The smallest absolute Gasteiger partial charge is 0.338 e. The van der Waals surface area contributed by atoms with Crippen molar-refractivity contribution < 1.29 is 14.3 Å². The van der Waals surface area contributed by atoms with E-state index in [1.54, 1.807) is 6.92 Å². The first-order valence-corrected chi connectivity index (χ1v) is 4.60. The largest absolute Gasteiger partial charge is 0.488 e. The Hall–Kier alpha value is -0.990. The van der Waals surface area contributed by atoms with Crippen molar-refractivity contribution in [3.05, 3.63) is 11.3 Å². The third-order valence-electron chi connectivity index (χ3n) is 2.61. The van der Waals surface area contributed by atoms with Gasteiger partial charge in [0.05, 0.1) is 5.57 Å². The molecule has 2 rings (SSSR count). The zero-order valence-corrected chi connectivity index (χ0v) is 8.22. The first-order chi connectivity index (χ1) is 5.99. The number of rotatable bonds is 0. The van der Waals surface area contributed by atoms with Crippen LogP contribution in [0.25, 0.3) is 0 Å². The summed E-state index contributed by atoms with van der Waals surface area (Å²) in [6, 6.07) is 0. The van der Waals surface area contributed by atoms with Crippen LogP contribution in [0.5, 0.6) is 0 Å². The van der Waals surface area contributed by atoms with Gasteiger partial charge >= 0.3 is 5.97 Å². The number of hydrogen-bond donors (Lipinski definition) is 0. The van der Waals surface area contributed by atoms with E-state index in [9.17, 15) is 4.79 Å². The molecule has 0 aliphatic carbocycles. The highest BCUT2D eigenvalue weighted by Gasteiger charge is 2.41. The average Bonchev–Trinajstić information content (AvgIpc) is 2.29. The van der Waals surface area contributed by atoms with Crippen LogP contribution in [0, 0.1) is 0 Å². The van der Waals surface area contributed by atoms with Crippen molar-refractivity contribution in [1.82, 2.24) is 0 Å². The molecule has 1 saturated heterocycles. The fourth-order valence-electron chi connectivity index (χ4n) is 1.77. The van der Waals surface area contributed by atoms with E-state index in [0.29, 0.717) is 5.57 Å². The van der Waals surface area contributed by atoms with Crippen molar-refractivity contribution in [2.24, 2.45) is 0 Å². The molecular formula is C10H14O3. The SMILES string of the molecule is CC1=C2OC(C)(C)CC[C@H]2OC1=O. The van der Waals surface area contributed by atoms with Crippen LogP contribution >= 0.6 is 0 Å². The van der Waals surface area contributed by atoms with Crippen LogP contribution in [0.4, 0.5) is 0 Å². The number of carbonyl (C=O) groups excluding carboxylic acids is 1. The van der Waals surface area contributed by atoms with Crippen molar-refractivity contribution in [2.45, 2.75) is 45.3 Å². The Bertz CT molecular complexity index is 289. The summed E-state index contributed by atoms with van der Waals surface area (Å²) in [6.45, 7) is 5.83. The van der Waals surface area contributed by atoms with Crippen LogP contribution in [-0.2, 0) is 14.3 Å². The maximum Gasteiger partial charge on any atom is 0.338 e. The van der Waals surface area contributed by atoms with Crippen LogP contribution in [0.2, 0.25) is 0 Å². The molecule has 0 spiro atoms. The molecule has 0 saturated carbocycles. The summed E-state index contributed by atoms with van der Waals surface area (Å²) in [4.78, 5) is 11.2. The summed E-state index contributed by atoms with van der Waals surface area (Å²) in [7, 11) is 0. The minimum absolute atomic E-state index is 0.111. The monoisotopic (exact) mass is 182 g/mol. The van der Waals surface area contributed by atoms with E-state index in [0.717, 1.165) is 18.6 Å². The molecule has 0 unspecified atom stereocenters. The molecule has 1 fully saturated rings. The van der Waals surface area contributed by atoms with Gasteiger partial charge in [0.25, 0.3) is 0 Å². The molecule has 0 N–H and O–H groups in total. The molecule has 0 aromatic heterocycles. The van der Waals surface area contributed by atoms with Gasteiger partial charge in [0, 0.05) is 0 Å². The third-order valence-corrected chi connectivity index (χ3v) is 2.61. The van der Waals surface area contributed by atoms with Gasteiger partial charge in [0.15, 0.2) is 6.10 Å². The summed E-state index contributed by atoms with van der Waals surface area (Å²) >= 11 is 0. The van der Waals surface area contributed by atoms with Gasteiger partial charge < -0.3 is 9.47 Å². The van der Waals surface area contributed by atoms with Gasteiger partial charge in [0.1, 0.15) is 11.4 Å². The molecular weight excluding hydrogens is 168 g/mol. The number of ether oxygens (including phenoxy) is 2. The normalized spacial score (nSPS) is 31.0. The second-order valence-corrected chi connectivity index (χ2v) is 4.28. The van der Waals surface area contributed by atoms with E-state index >= 15 is 0 Å². The molecule has 2 aliphatic rings. The molecule has 1 atom stereocenters. The second kappa shape index (κ2) is 2.50.